The fourth-order valence-electron chi connectivity index (χ4n) is 7.75. The third-order valence-electron chi connectivity index (χ3n) is 9.96. The van der Waals surface area contributed by atoms with Crippen LogP contribution in [0.4, 0.5) is 19.0 Å². The predicted molar refractivity (Wildman–Crippen MR) is 163 cm³/mol. The number of pyridine rings is 1. The van der Waals surface area contributed by atoms with Gasteiger partial charge in [0.2, 0.25) is 0 Å². The van der Waals surface area contributed by atoms with Crippen molar-refractivity contribution in [3.63, 3.8) is 0 Å². The standard InChI is InChI=1S/C34H32F3N5O3/c1-2-23-26(36)5-4-20-12-22(43)13-24(27(20)23)29-28(37)30-25(15-38-29)31(41-8-3-10-44-11-9-41)40-32(39-30)45-19-34-14-21(35)16-42(34)18-33(17-34)6-7-33/h1,4-5,12-13,15,21,43H,3,6-11,14,16-19H2/t21-,34+/m1/s1. The second-order valence-corrected chi connectivity index (χ2v) is 13.0. The van der Waals surface area contributed by atoms with Crippen LogP contribution < -0.4 is 9.64 Å². The molecule has 2 aromatic carbocycles. The summed E-state index contributed by atoms with van der Waals surface area (Å²) < 4.78 is 58.1. The maximum atomic E-state index is 16.7. The molecule has 1 N–H and O–H groups in total. The van der Waals surface area contributed by atoms with Gasteiger partial charge in [-0.3, -0.25) is 9.88 Å². The van der Waals surface area contributed by atoms with Crippen molar-refractivity contribution in [2.45, 2.75) is 43.8 Å². The molecule has 1 spiro atoms. The summed E-state index contributed by atoms with van der Waals surface area (Å²) in [5.74, 6) is 1.25. The Kier molecular flexibility index (Phi) is 6.59. The fraction of sp³-hybridized carbons (Fsp3) is 0.441. The van der Waals surface area contributed by atoms with E-state index >= 15 is 4.39 Å². The van der Waals surface area contributed by atoms with E-state index in [1.54, 1.807) is 0 Å². The van der Waals surface area contributed by atoms with Gasteiger partial charge in [0.05, 0.1) is 23.1 Å². The van der Waals surface area contributed by atoms with Crippen LogP contribution in [0.5, 0.6) is 11.8 Å². The Bertz CT molecular complexity index is 1890. The summed E-state index contributed by atoms with van der Waals surface area (Å²) in [5.41, 5.74) is -0.293. The second-order valence-electron chi connectivity index (χ2n) is 13.0. The molecule has 3 aliphatic heterocycles. The number of hydrogen-bond acceptors (Lipinski definition) is 8. The molecule has 0 unspecified atom stereocenters. The maximum absolute atomic E-state index is 16.7. The van der Waals surface area contributed by atoms with E-state index in [-0.39, 0.29) is 51.5 Å². The topological polar surface area (TPSA) is 83.8 Å². The minimum Gasteiger partial charge on any atom is -0.508 e. The van der Waals surface area contributed by atoms with Gasteiger partial charge in [-0.1, -0.05) is 12.0 Å². The summed E-state index contributed by atoms with van der Waals surface area (Å²) in [4.78, 5) is 18.0. The van der Waals surface area contributed by atoms with Crippen molar-refractivity contribution in [1.82, 2.24) is 19.9 Å². The Labute approximate surface area is 258 Å². The Hall–Kier alpha value is -4.14. The van der Waals surface area contributed by atoms with Crippen molar-refractivity contribution in [2.75, 3.05) is 50.9 Å². The predicted octanol–water partition coefficient (Wildman–Crippen LogP) is 5.38. The number of rotatable bonds is 5. The summed E-state index contributed by atoms with van der Waals surface area (Å²) in [6.07, 6.45) is 10.5. The normalized spacial score (nSPS) is 24.2. The van der Waals surface area contributed by atoms with Crippen molar-refractivity contribution in [1.29, 1.82) is 0 Å². The molecule has 0 bridgehead atoms. The van der Waals surface area contributed by atoms with Crippen LogP contribution in [0, 0.1) is 29.4 Å². The zero-order chi connectivity index (χ0) is 30.9. The molecule has 4 aromatic rings. The van der Waals surface area contributed by atoms with Crippen LogP contribution in [-0.4, -0.2) is 82.7 Å². The Balaban J connectivity index is 1.26. The molecular formula is C34H32F3N5O3. The number of benzene rings is 2. The number of ether oxygens (including phenoxy) is 2. The van der Waals surface area contributed by atoms with Gasteiger partial charge in [0.15, 0.2) is 5.82 Å². The molecular weight excluding hydrogens is 583 g/mol. The maximum Gasteiger partial charge on any atom is 0.319 e. The zero-order valence-corrected chi connectivity index (χ0v) is 24.7. The molecule has 11 heteroatoms. The largest absolute Gasteiger partial charge is 0.508 e. The molecule has 4 aliphatic rings. The van der Waals surface area contributed by atoms with E-state index in [9.17, 15) is 13.9 Å². The van der Waals surface area contributed by atoms with E-state index in [1.807, 2.05) is 4.90 Å². The molecule has 1 aliphatic carbocycles. The fourth-order valence-corrected chi connectivity index (χ4v) is 7.75. The smallest absolute Gasteiger partial charge is 0.319 e. The first-order valence-corrected chi connectivity index (χ1v) is 15.4. The van der Waals surface area contributed by atoms with Gasteiger partial charge in [-0.25, -0.2) is 13.2 Å². The van der Waals surface area contributed by atoms with Crippen LogP contribution in [0.2, 0.25) is 0 Å². The van der Waals surface area contributed by atoms with Crippen LogP contribution >= 0.6 is 0 Å². The molecule has 8 nitrogen and oxygen atoms in total. The van der Waals surface area contributed by atoms with Crippen LogP contribution in [0.1, 0.15) is 37.7 Å². The van der Waals surface area contributed by atoms with Gasteiger partial charge in [-0.05, 0) is 54.7 Å². The van der Waals surface area contributed by atoms with E-state index in [2.05, 4.69) is 20.8 Å². The highest BCUT2D eigenvalue weighted by Crippen LogP contribution is 2.60. The molecule has 0 amide bonds. The highest BCUT2D eigenvalue weighted by molar-refractivity contribution is 6.03. The minimum absolute atomic E-state index is 0.0109. The SMILES string of the molecule is C#Cc1c(F)ccc2cc(O)cc(-c3ncc4c(N5CCCOCC5)nc(OC[C@@]56C[C@@H](F)CN5CC5(CC5)C6)nc4c3F)c12. The first kappa shape index (κ1) is 28.3. The van der Waals surface area contributed by atoms with Gasteiger partial charge >= 0.3 is 6.01 Å². The number of alkyl halides is 1. The molecule has 2 atom stereocenters. The lowest BCUT2D eigenvalue weighted by Gasteiger charge is -2.31. The molecule has 4 fully saturated rings. The van der Waals surface area contributed by atoms with E-state index in [0.29, 0.717) is 55.9 Å². The van der Waals surface area contributed by atoms with Gasteiger partial charge in [0.25, 0.3) is 0 Å². The van der Waals surface area contributed by atoms with Gasteiger partial charge in [-0.2, -0.15) is 9.97 Å². The van der Waals surface area contributed by atoms with Gasteiger partial charge < -0.3 is 19.5 Å². The van der Waals surface area contributed by atoms with Crippen LogP contribution in [0.25, 0.3) is 32.9 Å². The van der Waals surface area contributed by atoms with Gasteiger partial charge in [0.1, 0.15) is 41.4 Å². The molecule has 1 saturated carbocycles. The van der Waals surface area contributed by atoms with Crippen molar-refractivity contribution in [3.05, 3.63) is 47.7 Å². The summed E-state index contributed by atoms with van der Waals surface area (Å²) in [5, 5.41) is 11.6. The molecule has 2 aromatic heterocycles. The van der Waals surface area contributed by atoms with Crippen molar-refractivity contribution < 1.29 is 27.8 Å². The monoisotopic (exact) mass is 615 g/mol. The number of terminal acetylenes is 1. The van der Waals surface area contributed by atoms with Crippen molar-refractivity contribution in [3.8, 4) is 35.4 Å². The third-order valence-corrected chi connectivity index (χ3v) is 9.96. The minimum atomic E-state index is -0.921. The zero-order valence-electron chi connectivity index (χ0n) is 24.7. The quantitative estimate of drug-likeness (QED) is 0.300. The lowest BCUT2D eigenvalue weighted by molar-refractivity contribution is 0.107. The van der Waals surface area contributed by atoms with Crippen LogP contribution in [-0.2, 0) is 4.74 Å². The number of phenolic OH excluding ortho intramolecular Hbond substituents is 1. The lowest BCUT2D eigenvalue weighted by atomic mass is 9.89. The second kappa shape index (κ2) is 10.5. The van der Waals surface area contributed by atoms with E-state index < -0.39 is 23.3 Å². The average Bonchev–Trinajstić information content (AvgIpc) is 3.70. The molecule has 5 heterocycles. The first-order valence-electron chi connectivity index (χ1n) is 15.4. The third kappa shape index (κ3) is 4.73. The molecule has 3 saturated heterocycles. The number of phenols is 1. The summed E-state index contributed by atoms with van der Waals surface area (Å²) in [6.45, 7) is 3.69. The average molecular weight is 616 g/mol. The van der Waals surface area contributed by atoms with E-state index in [4.69, 9.17) is 20.9 Å². The highest BCUT2D eigenvalue weighted by Gasteiger charge is 2.62. The van der Waals surface area contributed by atoms with E-state index in [0.717, 1.165) is 32.2 Å². The Morgan fingerprint density at radius 3 is 2.84 bits per heavy atom. The number of fused-ring (bicyclic) bond motifs is 3. The summed E-state index contributed by atoms with van der Waals surface area (Å²) >= 11 is 0. The van der Waals surface area contributed by atoms with Crippen LogP contribution in [0.15, 0.2) is 30.5 Å². The molecule has 45 heavy (non-hydrogen) atoms. The van der Waals surface area contributed by atoms with E-state index in [1.165, 1.54) is 30.5 Å². The number of hydrogen-bond donors (Lipinski definition) is 1. The Morgan fingerprint density at radius 1 is 1.16 bits per heavy atom. The highest BCUT2D eigenvalue weighted by atomic mass is 19.1. The molecule has 0 radical (unpaired) electrons. The number of aromatic nitrogens is 3. The Morgan fingerprint density at radius 2 is 2.02 bits per heavy atom. The van der Waals surface area contributed by atoms with Crippen LogP contribution in [0.3, 0.4) is 0 Å². The number of nitrogens with zero attached hydrogens (tertiary/aromatic N) is 5. The molecule has 8 rings (SSSR count). The summed E-state index contributed by atoms with van der Waals surface area (Å²) in [7, 11) is 0. The van der Waals surface area contributed by atoms with Crippen molar-refractivity contribution in [2.24, 2.45) is 5.41 Å². The number of halogens is 3. The molecule has 232 valence electrons. The van der Waals surface area contributed by atoms with Gasteiger partial charge in [0, 0.05) is 56.4 Å². The summed E-state index contributed by atoms with van der Waals surface area (Å²) in [6, 6.07) is 5.44. The van der Waals surface area contributed by atoms with Crippen molar-refractivity contribution >= 4 is 27.5 Å². The lowest BCUT2D eigenvalue weighted by Crippen LogP contribution is -2.43. The van der Waals surface area contributed by atoms with Gasteiger partial charge in [-0.15, -0.1) is 6.42 Å². The first-order chi connectivity index (χ1) is 21.8. The number of anilines is 1. The number of aromatic hydroxyl groups is 1.